The maximum absolute atomic E-state index is 11.2. The van der Waals surface area contributed by atoms with Crippen LogP contribution in [-0.2, 0) is 9.59 Å². The van der Waals surface area contributed by atoms with Crippen molar-refractivity contribution < 1.29 is 9.59 Å². The monoisotopic (exact) mass is 165 g/mol. The first kappa shape index (κ1) is 7.53. The van der Waals surface area contributed by atoms with E-state index < -0.39 is 0 Å². The molecule has 64 valence electrons. The first-order valence-electron chi connectivity index (χ1n) is 4.22. The van der Waals surface area contributed by atoms with Crippen molar-refractivity contribution >= 4 is 11.8 Å². The third-order valence-corrected chi connectivity index (χ3v) is 2.72. The van der Waals surface area contributed by atoms with Crippen molar-refractivity contribution in [2.24, 2.45) is 11.8 Å². The molecule has 1 aliphatic heterocycles. The Bertz CT molecular complexity index is 270. The molecule has 3 nitrogen and oxygen atoms in total. The van der Waals surface area contributed by atoms with Gasteiger partial charge in [0.15, 0.2) is 0 Å². The molecule has 2 aliphatic rings. The second kappa shape index (κ2) is 2.44. The molecule has 0 aromatic carbocycles. The largest absolute Gasteiger partial charge is 0.296 e. The molecule has 1 saturated carbocycles. The fraction of sp³-hybridized carbons (Fsp3) is 0.556. The molecular weight excluding hydrogens is 154 g/mol. The van der Waals surface area contributed by atoms with E-state index in [1.807, 2.05) is 0 Å². The number of amides is 2. The van der Waals surface area contributed by atoms with Gasteiger partial charge >= 0.3 is 0 Å². The standard InChI is InChI=1S/C9H11NO2/c1-5-3-2-4-6-7(5)9(12)10-8(6)11/h6-7H,1-4H2,(H,10,11,12). The van der Waals surface area contributed by atoms with E-state index in [1.54, 1.807) is 0 Å². The highest BCUT2D eigenvalue weighted by atomic mass is 16.2. The molecule has 12 heavy (non-hydrogen) atoms. The number of carbonyl (C=O) groups excluding carboxylic acids is 2. The van der Waals surface area contributed by atoms with E-state index in [9.17, 15) is 9.59 Å². The Morgan fingerprint density at radius 1 is 1.33 bits per heavy atom. The summed E-state index contributed by atoms with van der Waals surface area (Å²) in [6.45, 7) is 3.83. The highest BCUT2D eigenvalue weighted by molar-refractivity contribution is 6.06. The molecular formula is C9H11NO2. The Labute approximate surface area is 70.8 Å². The molecule has 2 rings (SSSR count). The first-order valence-corrected chi connectivity index (χ1v) is 4.22. The minimum absolute atomic E-state index is 0.106. The number of hydrogen-bond donors (Lipinski definition) is 1. The smallest absolute Gasteiger partial charge is 0.234 e. The van der Waals surface area contributed by atoms with E-state index in [4.69, 9.17) is 0 Å². The minimum Gasteiger partial charge on any atom is -0.296 e. The fourth-order valence-electron chi connectivity index (χ4n) is 2.10. The summed E-state index contributed by atoms with van der Waals surface area (Å²) in [5, 5.41) is 2.35. The predicted octanol–water partition coefficient (Wildman–Crippen LogP) is 0.615. The summed E-state index contributed by atoms with van der Waals surface area (Å²) in [6, 6.07) is 0. The lowest BCUT2D eigenvalue weighted by molar-refractivity contribution is -0.126. The average Bonchev–Trinajstić information content (AvgIpc) is 2.29. The molecule has 1 aliphatic carbocycles. The van der Waals surface area contributed by atoms with Gasteiger partial charge in [-0.3, -0.25) is 14.9 Å². The van der Waals surface area contributed by atoms with Gasteiger partial charge in [-0.05, 0) is 19.3 Å². The lowest BCUT2D eigenvalue weighted by atomic mass is 9.78. The Morgan fingerprint density at radius 3 is 2.75 bits per heavy atom. The summed E-state index contributed by atoms with van der Waals surface area (Å²) in [7, 11) is 0. The van der Waals surface area contributed by atoms with Gasteiger partial charge in [0.2, 0.25) is 11.8 Å². The van der Waals surface area contributed by atoms with E-state index in [0.717, 1.165) is 24.8 Å². The number of carbonyl (C=O) groups is 2. The molecule has 2 amide bonds. The summed E-state index contributed by atoms with van der Waals surface area (Å²) in [5.74, 6) is -0.578. The molecule has 1 N–H and O–H groups in total. The van der Waals surface area contributed by atoms with Crippen LogP contribution in [0.15, 0.2) is 12.2 Å². The van der Waals surface area contributed by atoms with Crippen molar-refractivity contribution in [1.29, 1.82) is 0 Å². The number of nitrogens with one attached hydrogen (secondary N) is 1. The topological polar surface area (TPSA) is 46.2 Å². The molecule has 2 fully saturated rings. The zero-order chi connectivity index (χ0) is 8.72. The van der Waals surface area contributed by atoms with E-state index in [1.165, 1.54) is 0 Å². The Balaban J connectivity index is 2.30. The van der Waals surface area contributed by atoms with Crippen LogP contribution in [0.3, 0.4) is 0 Å². The van der Waals surface area contributed by atoms with Gasteiger partial charge in [0.1, 0.15) is 0 Å². The van der Waals surface area contributed by atoms with Crippen molar-refractivity contribution in [2.75, 3.05) is 0 Å². The number of imide groups is 1. The summed E-state index contributed by atoms with van der Waals surface area (Å²) in [5.41, 5.74) is 0.926. The summed E-state index contributed by atoms with van der Waals surface area (Å²) in [6.07, 6.45) is 2.71. The second-order valence-electron chi connectivity index (χ2n) is 3.49. The molecule has 1 saturated heterocycles. The van der Waals surface area contributed by atoms with Crippen LogP contribution in [0.5, 0.6) is 0 Å². The van der Waals surface area contributed by atoms with Crippen molar-refractivity contribution in [3.8, 4) is 0 Å². The Kier molecular flexibility index (Phi) is 1.53. The van der Waals surface area contributed by atoms with E-state index in [-0.39, 0.29) is 23.7 Å². The highest BCUT2D eigenvalue weighted by Gasteiger charge is 2.44. The van der Waals surface area contributed by atoms with E-state index >= 15 is 0 Å². The van der Waals surface area contributed by atoms with Crippen molar-refractivity contribution in [2.45, 2.75) is 19.3 Å². The molecule has 0 radical (unpaired) electrons. The SMILES string of the molecule is C=C1CCCC2C(=O)NC(=O)C12. The number of hydrogen-bond acceptors (Lipinski definition) is 2. The maximum Gasteiger partial charge on any atom is 0.234 e. The Hall–Kier alpha value is -1.12. The highest BCUT2D eigenvalue weighted by Crippen LogP contribution is 2.36. The third-order valence-electron chi connectivity index (χ3n) is 2.72. The molecule has 0 bridgehead atoms. The summed E-state index contributed by atoms with van der Waals surface area (Å²) in [4.78, 5) is 22.4. The minimum atomic E-state index is -0.216. The zero-order valence-electron chi connectivity index (χ0n) is 6.80. The van der Waals surface area contributed by atoms with E-state index in [0.29, 0.717) is 0 Å². The van der Waals surface area contributed by atoms with Gasteiger partial charge in [-0.25, -0.2) is 0 Å². The van der Waals surface area contributed by atoms with Crippen LogP contribution in [0.25, 0.3) is 0 Å². The summed E-state index contributed by atoms with van der Waals surface area (Å²) < 4.78 is 0. The summed E-state index contributed by atoms with van der Waals surface area (Å²) >= 11 is 0. The van der Waals surface area contributed by atoms with Crippen molar-refractivity contribution in [3.05, 3.63) is 12.2 Å². The van der Waals surface area contributed by atoms with Gasteiger partial charge in [-0.15, -0.1) is 0 Å². The molecule has 0 aromatic rings. The lowest BCUT2D eigenvalue weighted by Crippen LogP contribution is -2.23. The van der Waals surface area contributed by atoms with Crippen LogP contribution in [0, 0.1) is 11.8 Å². The zero-order valence-corrected chi connectivity index (χ0v) is 6.80. The molecule has 0 aromatic heterocycles. The molecule has 3 heteroatoms. The quantitative estimate of drug-likeness (QED) is 0.422. The normalized spacial score (nSPS) is 34.8. The second-order valence-corrected chi connectivity index (χ2v) is 3.49. The fourth-order valence-corrected chi connectivity index (χ4v) is 2.10. The lowest BCUT2D eigenvalue weighted by Gasteiger charge is -2.22. The van der Waals surface area contributed by atoms with E-state index in [2.05, 4.69) is 11.9 Å². The van der Waals surface area contributed by atoms with Crippen LogP contribution in [0.2, 0.25) is 0 Å². The maximum atomic E-state index is 11.2. The van der Waals surface area contributed by atoms with Gasteiger partial charge in [-0.2, -0.15) is 0 Å². The number of fused-ring (bicyclic) bond motifs is 1. The van der Waals surface area contributed by atoms with Crippen LogP contribution in [0.1, 0.15) is 19.3 Å². The predicted molar refractivity (Wildman–Crippen MR) is 43.1 cm³/mol. The Morgan fingerprint density at radius 2 is 2.08 bits per heavy atom. The first-order chi connectivity index (χ1) is 5.70. The van der Waals surface area contributed by atoms with Crippen LogP contribution in [0.4, 0.5) is 0 Å². The van der Waals surface area contributed by atoms with Crippen molar-refractivity contribution in [1.82, 2.24) is 5.32 Å². The molecule has 1 heterocycles. The average molecular weight is 165 g/mol. The van der Waals surface area contributed by atoms with Gasteiger partial charge in [0.05, 0.1) is 11.8 Å². The van der Waals surface area contributed by atoms with Gasteiger partial charge in [0, 0.05) is 0 Å². The van der Waals surface area contributed by atoms with Crippen molar-refractivity contribution in [3.63, 3.8) is 0 Å². The molecule has 2 unspecified atom stereocenters. The van der Waals surface area contributed by atoms with Crippen LogP contribution >= 0.6 is 0 Å². The molecule has 2 atom stereocenters. The van der Waals surface area contributed by atoms with Gasteiger partial charge < -0.3 is 0 Å². The van der Waals surface area contributed by atoms with Gasteiger partial charge in [0.25, 0.3) is 0 Å². The van der Waals surface area contributed by atoms with Crippen LogP contribution < -0.4 is 5.32 Å². The van der Waals surface area contributed by atoms with Gasteiger partial charge in [-0.1, -0.05) is 12.2 Å². The number of rotatable bonds is 0. The van der Waals surface area contributed by atoms with Crippen LogP contribution in [-0.4, -0.2) is 11.8 Å². The molecule has 0 spiro atoms. The third kappa shape index (κ3) is 0.891.